The standard InChI is InChI=1S/C24H18Br3NO4S/c25-17-7-9-20(10-8-17)33(31,32)28-22(15-3-1-5-18(26)13-15)12-11-21(24(29)30)23(28)16-4-2-6-19(27)14-16/h1-11,13-14,22-23H,12H2,(H,29,30)/t22-,23-/m0/s1. The van der Waals surface area contributed by atoms with E-state index in [-0.39, 0.29) is 16.9 Å². The smallest absolute Gasteiger partial charge is 0.333 e. The maximum absolute atomic E-state index is 14.1. The Morgan fingerprint density at radius 1 is 0.848 bits per heavy atom. The van der Waals surface area contributed by atoms with Crippen molar-refractivity contribution in [3.63, 3.8) is 0 Å². The van der Waals surface area contributed by atoms with Gasteiger partial charge in [-0.3, -0.25) is 0 Å². The Balaban J connectivity index is 1.98. The molecule has 0 spiro atoms. The van der Waals surface area contributed by atoms with Crippen LogP contribution < -0.4 is 0 Å². The highest BCUT2D eigenvalue weighted by Gasteiger charge is 2.44. The summed E-state index contributed by atoms with van der Waals surface area (Å²) in [6, 6.07) is 19.3. The molecule has 3 aromatic rings. The number of benzene rings is 3. The number of sulfonamides is 1. The first kappa shape index (κ1) is 24.3. The molecule has 3 aromatic carbocycles. The van der Waals surface area contributed by atoms with Crippen molar-refractivity contribution < 1.29 is 18.3 Å². The first-order chi connectivity index (χ1) is 15.7. The first-order valence-corrected chi connectivity index (χ1v) is 13.7. The van der Waals surface area contributed by atoms with E-state index in [9.17, 15) is 18.3 Å². The molecule has 1 aliphatic rings. The van der Waals surface area contributed by atoms with E-state index in [0.29, 0.717) is 5.56 Å². The van der Waals surface area contributed by atoms with Crippen molar-refractivity contribution in [1.82, 2.24) is 4.31 Å². The summed E-state index contributed by atoms with van der Waals surface area (Å²) in [7, 11) is -4.09. The molecule has 33 heavy (non-hydrogen) atoms. The lowest BCUT2D eigenvalue weighted by Crippen LogP contribution is -2.42. The van der Waals surface area contributed by atoms with Crippen LogP contribution in [0, 0.1) is 0 Å². The van der Waals surface area contributed by atoms with E-state index >= 15 is 0 Å². The molecule has 0 saturated carbocycles. The number of carbonyl (C=O) groups is 1. The fourth-order valence-electron chi connectivity index (χ4n) is 4.01. The van der Waals surface area contributed by atoms with E-state index in [4.69, 9.17) is 0 Å². The molecular weight excluding hydrogens is 638 g/mol. The number of nitrogens with zero attached hydrogens (tertiary/aromatic N) is 1. The lowest BCUT2D eigenvalue weighted by atomic mass is 9.89. The second-order valence-electron chi connectivity index (χ2n) is 7.52. The lowest BCUT2D eigenvalue weighted by molar-refractivity contribution is -0.133. The molecule has 0 amide bonds. The van der Waals surface area contributed by atoms with Crippen molar-refractivity contribution in [3.8, 4) is 0 Å². The largest absolute Gasteiger partial charge is 0.478 e. The Kier molecular flexibility index (Phi) is 7.26. The maximum Gasteiger partial charge on any atom is 0.333 e. The number of rotatable bonds is 5. The van der Waals surface area contributed by atoms with Gasteiger partial charge < -0.3 is 5.11 Å². The van der Waals surface area contributed by atoms with Gasteiger partial charge in [-0.1, -0.05) is 78.1 Å². The molecule has 0 radical (unpaired) electrons. The van der Waals surface area contributed by atoms with Crippen molar-refractivity contribution in [3.05, 3.63) is 109 Å². The third kappa shape index (κ3) is 5.02. The molecule has 0 unspecified atom stereocenters. The number of carboxylic acid groups (broad SMARTS) is 1. The van der Waals surface area contributed by atoms with Gasteiger partial charge in [0.1, 0.15) is 0 Å². The predicted octanol–water partition coefficient (Wildman–Crippen LogP) is 6.86. The molecule has 0 aromatic heterocycles. The van der Waals surface area contributed by atoms with Crippen LogP contribution in [0.1, 0.15) is 29.6 Å². The average Bonchev–Trinajstić information content (AvgIpc) is 2.78. The molecule has 170 valence electrons. The molecule has 1 aliphatic heterocycles. The highest BCUT2D eigenvalue weighted by atomic mass is 79.9. The average molecular weight is 656 g/mol. The van der Waals surface area contributed by atoms with Gasteiger partial charge in [-0.25, -0.2) is 13.2 Å². The third-order valence-electron chi connectivity index (χ3n) is 5.45. The number of hydrogen-bond acceptors (Lipinski definition) is 3. The summed E-state index contributed by atoms with van der Waals surface area (Å²) in [5.41, 5.74) is 1.36. The third-order valence-corrected chi connectivity index (χ3v) is 8.85. The van der Waals surface area contributed by atoms with Crippen LogP contribution in [-0.4, -0.2) is 23.8 Å². The second kappa shape index (κ2) is 9.84. The zero-order chi connectivity index (χ0) is 23.8. The van der Waals surface area contributed by atoms with E-state index in [0.717, 1.165) is 19.0 Å². The molecule has 9 heteroatoms. The quantitative estimate of drug-likeness (QED) is 0.326. The minimum absolute atomic E-state index is 0.0278. The van der Waals surface area contributed by atoms with E-state index < -0.39 is 28.1 Å². The molecule has 0 aliphatic carbocycles. The number of hydrogen-bond donors (Lipinski definition) is 1. The van der Waals surface area contributed by atoms with Crippen molar-refractivity contribution in [1.29, 1.82) is 0 Å². The molecule has 0 fully saturated rings. The van der Waals surface area contributed by atoms with Crippen molar-refractivity contribution >= 4 is 63.8 Å². The van der Waals surface area contributed by atoms with Gasteiger partial charge in [-0.05, 0) is 66.1 Å². The topological polar surface area (TPSA) is 74.7 Å². The van der Waals surface area contributed by atoms with Crippen LogP contribution in [0.5, 0.6) is 0 Å². The monoisotopic (exact) mass is 653 g/mol. The summed E-state index contributed by atoms with van der Waals surface area (Å²) >= 11 is 10.2. The van der Waals surface area contributed by atoms with Gasteiger partial charge in [-0.2, -0.15) is 4.31 Å². The van der Waals surface area contributed by atoms with Crippen LogP contribution in [0.15, 0.2) is 103 Å². The van der Waals surface area contributed by atoms with E-state index in [1.807, 2.05) is 30.3 Å². The molecule has 0 saturated heterocycles. The van der Waals surface area contributed by atoms with Gasteiger partial charge in [0.25, 0.3) is 0 Å². The number of aliphatic carboxylic acids is 1. The van der Waals surface area contributed by atoms with Crippen LogP contribution in [0.2, 0.25) is 0 Å². The highest BCUT2D eigenvalue weighted by Crippen LogP contribution is 2.46. The highest BCUT2D eigenvalue weighted by molar-refractivity contribution is 9.11. The van der Waals surface area contributed by atoms with Crippen LogP contribution in [0.4, 0.5) is 0 Å². The normalized spacial score (nSPS) is 19.2. The fourth-order valence-corrected chi connectivity index (χ4v) is 6.89. The van der Waals surface area contributed by atoms with Gasteiger partial charge in [-0.15, -0.1) is 0 Å². The summed E-state index contributed by atoms with van der Waals surface area (Å²) in [5, 5.41) is 10.0. The minimum atomic E-state index is -4.09. The Labute approximate surface area is 217 Å². The summed E-state index contributed by atoms with van der Waals surface area (Å²) in [6.07, 6.45) is 1.87. The van der Waals surface area contributed by atoms with Crippen LogP contribution >= 0.6 is 47.8 Å². The first-order valence-electron chi connectivity index (χ1n) is 9.92. The molecular formula is C24H18Br3NO4S. The van der Waals surface area contributed by atoms with Crippen LogP contribution in [-0.2, 0) is 14.8 Å². The van der Waals surface area contributed by atoms with E-state index in [1.165, 1.54) is 16.4 Å². The molecule has 5 nitrogen and oxygen atoms in total. The van der Waals surface area contributed by atoms with Gasteiger partial charge in [0.15, 0.2) is 0 Å². The zero-order valence-electron chi connectivity index (χ0n) is 17.0. The Morgan fingerprint density at radius 2 is 1.42 bits per heavy atom. The van der Waals surface area contributed by atoms with Crippen molar-refractivity contribution in [2.45, 2.75) is 23.4 Å². The predicted molar refractivity (Wildman–Crippen MR) is 137 cm³/mol. The lowest BCUT2D eigenvalue weighted by Gasteiger charge is -2.40. The molecule has 0 bridgehead atoms. The van der Waals surface area contributed by atoms with Gasteiger partial charge in [0, 0.05) is 13.4 Å². The van der Waals surface area contributed by atoms with Crippen molar-refractivity contribution in [2.24, 2.45) is 0 Å². The SMILES string of the molecule is O=C(O)C1=CC[C@@H](c2cccc(Br)c2)N(S(=O)(=O)c2ccc(Br)cc2)[C@H]1c1cccc(Br)c1. The van der Waals surface area contributed by atoms with Gasteiger partial charge >= 0.3 is 5.97 Å². The number of carboxylic acids is 1. The molecule has 4 rings (SSSR count). The Bertz CT molecular complexity index is 1340. The summed E-state index contributed by atoms with van der Waals surface area (Å²) in [6.45, 7) is 0. The van der Waals surface area contributed by atoms with E-state index in [2.05, 4.69) is 47.8 Å². The molecule has 1 N–H and O–H groups in total. The van der Waals surface area contributed by atoms with Crippen LogP contribution in [0.25, 0.3) is 0 Å². The Morgan fingerprint density at radius 3 is 2.00 bits per heavy atom. The minimum Gasteiger partial charge on any atom is -0.478 e. The zero-order valence-corrected chi connectivity index (χ0v) is 22.6. The summed E-state index contributed by atoms with van der Waals surface area (Å²) in [5.74, 6) is -1.15. The van der Waals surface area contributed by atoms with Gasteiger partial charge in [0.2, 0.25) is 10.0 Å². The summed E-state index contributed by atoms with van der Waals surface area (Å²) < 4.78 is 31.8. The van der Waals surface area contributed by atoms with Gasteiger partial charge in [0.05, 0.1) is 22.6 Å². The van der Waals surface area contributed by atoms with E-state index in [1.54, 1.807) is 36.4 Å². The Hall–Kier alpha value is -1.78. The molecule has 2 atom stereocenters. The second-order valence-corrected chi connectivity index (χ2v) is 12.1. The van der Waals surface area contributed by atoms with Crippen LogP contribution in [0.3, 0.4) is 0 Å². The summed E-state index contributed by atoms with van der Waals surface area (Å²) in [4.78, 5) is 12.4. The fraction of sp³-hybridized carbons (Fsp3) is 0.125. The van der Waals surface area contributed by atoms with Crippen molar-refractivity contribution in [2.75, 3.05) is 0 Å². The number of halogens is 3. The maximum atomic E-state index is 14.1. The molecule has 1 heterocycles.